The van der Waals surface area contributed by atoms with Crippen LogP contribution in [-0.2, 0) is 26.2 Å². The Bertz CT molecular complexity index is 1440. The SMILES string of the molecule is CCCNC(=O)[C@H](C)N(Cc1ccc(Cl)c(Cl)c1)C(=O)CN(c1ccc(F)cc1)S(=O)(=O)c1ccc(OC)cc1. The molecule has 0 aliphatic rings. The van der Waals surface area contributed by atoms with Crippen molar-refractivity contribution in [2.75, 3.05) is 24.5 Å². The van der Waals surface area contributed by atoms with Gasteiger partial charge in [-0.05, 0) is 79.6 Å². The molecule has 0 saturated heterocycles. The molecule has 1 atom stereocenters. The van der Waals surface area contributed by atoms with Crippen LogP contribution in [0.1, 0.15) is 25.8 Å². The number of halogens is 3. The minimum atomic E-state index is -4.30. The van der Waals surface area contributed by atoms with Gasteiger partial charge in [-0.1, -0.05) is 36.2 Å². The number of amides is 2. The average Bonchev–Trinajstić information content (AvgIpc) is 2.95. The van der Waals surface area contributed by atoms with Crippen molar-refractivity contribution in [2.45, 2.75) is 37.8 Å². The van der Waals surface area contributed by atoms with Gasteiger partial charge < -0.3 is 15.0 Å². The van der Waals surface area contributed by atoms with Crippen LogP contribution in [0.4, 0.5) is 10.1 Å². The summed E-state index contributed by atoms with van der Waals surface area (Å²) in [6.45, 7) is 3.16. The van der Waals surface area contributed by atoms with Crippen LogP contribution in [0.3, 0.4) is 0 Å². The molecule has 0 heterocycles. The monoisotopic (exact) mass is 609 g/mol. The lowest BCUT2D eigenvalue weighted by Gasteiger charge is -2.32. The van der Waals surface area contributed by atoms with Crippen molar-refractivity contribution in [1.29, 1.82) is 0 Å². The Hall–Kier alpha value is -3.34. The zero-order chi connectivity index (χ0) is 29.4. The lowest BCUT2D eigenvalue weighted by Crippen LogP contribution is -2.51. The first-order valence-electron chi connectivity index (χ1n) is 12.4. The number of carbonyl (C=O) groups excluding carboxylic acids is 2. The third kappa shape index (κ3) is 7.65. The molecule has 0 radical (unpaired) electrons. The van der Waals surface area contributed by atoms with Gasteiger partial charge in [-0.15, -0.1) is 0 Å². The van der Waals surface area contributed by atoms with E-state index in [9.17, 15) is 22.4 Å². The molecule has 3 rings (SSSR count). The Kier molecular flexibility index (Phi) is 10.8. The Labute approximate surface area is 243 Å². The molecule has 12 heteroatoms. The van der Waals surface area contributed by atoms with Crippen LogP contribution >= 0.6 is 23.2 Å². The number of anilines is 1. The van der Waals surface area contributed by atoms with E-state index < -0.39 is 40.2 Å². The molecule has 0 aliphatic carbocycles. The first kappa shape index (κ1) is 31.2. The average molecular weight is 611 g/mol. The summed E-state index contributed by atoms with van der Waals surface area (Å²) in [6.07, 6.45) is 0.692. The summed E-state index contributed by atoms with van der Waals surface area (Å²) in [7, 11) is -2.85. The molecule has 0 aromatic heterocycles. The van der Waals surface area contributed by atoms with Gasteiger partial charge in [0.1, 0.15) is 24.2 Å². The molecule has 8 nitrogen and oxygen atoms in total. The zero-order valence-corrected chi connectivity index (χ0v) is 24.6. The van der Waals surface area contributed by atoms with Crippen molar-refractivity contribution < 1.29 is 27.1 Å². The Morgan fingerprint density at radius 1 is 1.00 bits per heavy atom. The van der Waals surface area contributed by atoms with Gasteiger partial charge in [0.25, 0.3) is 10.0 Å². The van der Waals surface area contributed by atoms with Crippen molar-refractivity contribution >= 4 is 50.7 Å². The number of ether oxygens (including phenoxy) is 1. The number of methoxy groups -OCH3 is 1. The fourth-order valence-corrected chi connectivity index (χ4v) is 5.56. The summed E-state index contributed by atoms with van der Waals surface area (Å²) in [5.74, 6) is -1.18. The minimum absolute atomic E-state index is 0.0454. The molecule has 1 N–H and O–H groups in total. The summed E-state index contributed by atoms with van der Waals surface area (Å²) in [5.41, 5.74) is 0.660. The lowest BCUT2D eigenvalue weighted by molar-refractivity contribution is -0.139. The van der Waals surface area contributed by atoms with Gasteiger partial charge in [-0.2, -0.15) is 0 Å². The van der Waals surface area contributed by atoms with E-state index in [0.717, 1.165) is 16.4 Å². The van der Waals surface area contributed by atoms with Gasteiger partial charge in [0.15, 0.2) is 0 Å². The summed E-state index contributed by atoms with van der Waals surface area (Å²) < 4.78 is 47.3. The van der Waals surface area contributed by atoms with E-state index >= 15 is 0 Å². The molecule has 0 aliphatic heterocycles. The second kappa shape index (κ2) is 13.8. The quantitative estimate of drug-likeness (QED) is 0.301. The highest BCUT2D eigenvalue weighted by Crippen LogP contribution is 2.27. The largest absolute Gasteiger partial charge is 0.497 e. The van der Waals surface area contributed by atoms with E-state index in [0.29, 0.717) is 29.3 Å². The smallest absolute Gasteiger partial charge is 0.264 e. The first-order chi connectivity index (χ1) is 19.0. The maximum absolute atomic E-state index is 13.8. The van der Waals surface area contributed by atoms with Crippen LogP contribution in [0.5, 0.6) is 5.75 Å². The van der Waals surface area contributed by atoms with Gasteiger partial charge in [-0.25, -0.2) is 12.8 Å². The van der Waals surface area contributed by atoms with Crippen LogP contribution in [-0.4, -0.2) is 51.4 Å². The second-order valence-electron chi connectivity index (χ2n) is 8.90. The molecule has 2 amide bonds. The summed E-state index contributed by atoms with van der Waals surface area (Å²) >= 11 is 12.2. The molecular weight excluding hydrogens is 580 g/mol. The van der Waals surface area contributed by atoms with Gasteiger partial charge in [-0.3, -0.25) is 13.9 Å². The molecule has 0 saturated carbocycles. The molecule has 3 aromatic rings. The normalized spacial score (nSPS) is 11.9. The van der Waals surface area contributed by atoms with Gasteiger partial charge in [0.2, 0.25) is 11.8 Å². The summed E-state index contributed by atoms with van der Waals surface area (Å²) in [5, 5.41) is 3.36. The van der Waals surface area contributed by atoms with Crippen molar-refractivity contribution in [3.63, 3.8) is 0 Å². The number of hydrogen-bond acceptors (Lipinski definition) is 5. The van der Waals surface area contributed by atoms with Crippen molar-refractivity contribution in [3.05, 3.63) is 88.2 Å². The van der Waals surface area contributed by atoms with Crippen LogP contribution in [0, 0.1) is 5.82 Å². The van der Waals surface area contributed by atoms with Crippen molar-refractivity contribution in [2.24, 2.45) is 0 Å². The highest BCUT2D eigenvalue weighted by Gasteiger charge is 2.32. The molecule has 0 spiro atoms. The van der Waals surface area contributed by atoms with Crippen LogP contribution in [0.25, 0.3) is 0 Å². The standard InChI is InChI=1S/C28H30Cl2FN3O5S/c1-4-15-32-28(36)19(2)33(17-20-5-14-25(29)26(30)16-20)27(35)18-34(22-8-6-21(31)7-9-22)40(37,38)24-12-10-23(39-3)11-13-24/h5-14,16,19H,4,15,17-18H2,1-3H3,(H,32,36)/t19-/m0/s1. The van der Waals surface area contributed by atoms with Gasteiger partial charge in [0, 0.05) is 13.1 Å². The van der Waals surface area contributed by atoms with E-state index in [1.54, 1.807) is 25.1 Å². The Balaban J connectivity index is 2.02. The Morgan fingerprint density at radius 2 is 1.65 bits per heavy atom. The fourth-order valence-electron chi connectivity index (χ4n) is 3.82. The second-order valence-corrected chi connectivity index (χ2v) is 11.6. The predicted octanol–water partition coefficient (Wildman–Crippen LogP) is 5.28. The third-order valence-electron chi connectivity index (χ3n) is 6.09. The van der Waals surface area contributed by atoms with E-state index in [2.05, 4.69) is 5.32 Å². The van der Waals surface area contributed by atoms with E-state index in [1.807, 2.05) is 6.92 Å². The summed E-state index contributed by atoms with van der Waals surface area (Å²) in [6, 6.07) is 14.3. The number of rotatable bonds is 12. The topological polar surface area (TPSA) is 96.0 Å². The van der Waals surface area contributed by atoms with E-state index in [1.165, 1.54) is 48.4 Å². The molecular formula is C28H30Cl2FN3O5S. The maximum Gasteiger partial charge on any atom is 0.264 e. The molecule has 0 bridgehead atoms. The predicted molar refractivity (Wildman–Crippen MR) is 154 cm³/mol. The number of benzene rings is 3. The molecule has 0 unspecified atom stereocenters. The Morgan fingerprint density at radius 3 is 2.23 bits per heavy atom. The van der Waals surface area contributed by atoms with E-state index in [-0.39, 0.29) is 22.2 Å². The number of nitrogens with one attached hydrogen (secondary N) is 1. The number of nitrogens with zero attached hydrogens (tertiary/aromatic N) is 2. The highest BCUT2D eigenvalue weighted by atomic mass is 35.5. The van der Waals surface area contributed by atoms with Crippen LogP contribution in [0.2, 0.25) is 10.0 Å². The van der Waals surface area contributed by atoms with Crippen molar-refractivity contribution in [1.82, 2.24) is 10.2 Å². The number of sulfonamides is 1. The number of carbonyl (C=O) groups is 2. The third-order valence-corrected chi connectivity index (χ3v) is 8.62. The van der Waals surface area contributed by atoms with Gasteiger partial charge >= 0.3 is 0 Å². The molecule has 0 fully saturated rings. The minimum Gasteiger partial charge on any atom is -0.497 e. The molecule has 214 valence electrons. The maximum atomic E-state index is 13.8. The summed E-state index contributed by atoms with van der Waals surface area (Å²) in [4.78, 5) is 27.9. The fraction of sp³-hybridized carbons (Fsp3) is 0.286. The lowest BCUT2D eigenvalue weighted by atomic mass is 10.1. The molecule has 3 aromatic carbocycles. The van der Waals surface area contributed by atoms with E-state index in [4.69, 9.17) is 27.9 Å². The van der Waals surface area contributed by atoms with Crippen molar-refractivity contribution in [3.8, 4) is 5.75 Å². The zero-order valence-electron chi connectivity index (χ0n) is 22.2. The highest BCUT2D eigenvalue weighted by molar-refractivity contribution is 7.92. The molecule has 40 heavy (non-hydrogen) atoms. The first-order valence-corrected chi connectivity index (χ1v) is 14.6. The van der Waals surface area contributed by atoms with Gasteiger partial charge in [0.05, 0.1) is 27.7 Å². The van der Waals surface area contributed by atoms with Crippen LogP contribution < -0.4 is 14.4 Å². The number of hydrogen-bond donors (Lipinski definition) is 1. The van der Waals surface area contributed by atoms with Crippen LogP contribution in [0.15, 0.2) is 71.6 Å².